The molecule has 0 fully saturated rings. The molecular formula is C53H44O10S3. The second-order valence-corrected chi connectivity index (χ2v) is 21.4. The van der Waals surface area contributed by atoms with Gasteiger partial charge in [0.15, 0.2) is 0 Å². The molecule has 334 valence electrons. The molecule has 0 N–H and O–H groups in total. The maximum absolute atomic E-state index is 13.5. The highest BCUT2D eigenvalue weighted by Gasteiger charge is 2.21. The van der Waals surface area contributed by atoms with Crippen LogP contribution >= 0.6 is 0 Å². The van der Waals surface area contributed by atoms with E-state index >= 15 is 0 Å². The summed E-state index contributed by atoms with van der Waals surface area (Å²) in [6, 6.07) is 49.7. The van der Waals surface area contributed by atoms with E-state index in [9.17, 15) is 25.3 Å². The fourth-order valence-electron chi connectivity index (χ4n) is 7.06. The van der Waals surface area contributed by atoms with Gasteiger partial charge < -0.3 is 18.9 Å². The topological polar surface area (TPSA) is 139 Å². The van der Waals surface area contributed by atoms with Crippen LogP contribution in [-0.4, -0.2) is 32.4 Å². The number of hydrogen-bond donors (Lipinski definition) is 0. The molecule has 0 amide bonds. The van der Waals surface area contributed by atoms with Crippen molar-refractivity contribution in [3.63, 3.8) is 0 Å². The molecule has 0 radical (unpaired) electrons. The normalized spacial score (nSPS) is 11.8. The lowest BCUT2D eigenvalue weighted by Crippen LogP contribution is -2.03. The first-order chi connectivity index (χ1) is 31.6. The van der Waals surface area contributed by atoms with E-state index in [1.54, 1.807) is 97.1 Å². The maximum atomic E-state index is 13.5. The SMILES string of the molecule is COc1ccc(S(=O)(=O)c2ccc(Oc3ccc(S(=O)(=O)c4ccc(COc5ccc(-c6ccc(Oc7ccc(S(=O)(=O)c8ccc(C)cc8)cc7)c(C)c6)cc5C)cc4)cc3)cc2)cc1. The van der Waals surface area contributed by atoms with Crippen LogP contribution in [0.5, 0.6) is 34.5 Å². The second-order valence-electron chi connectivity index (χ2n) is 15.5. The Balaban J connectivity index is 0.849. The van der Waals surface area contributed by atoms with E-state index in [1.165, 1.54) is 55.6 Å². The zero-order valence-electron chi connectivity index (χ0n) is 36.3. The number of ether oxygens (including phenoxy) is 4. The van der Waals surface area contributed by atoms with Crippen molar-refractivity contribution in [3.8, 4) is 45.6 Å². The monoisotopic (exact) mass is 936 g/mol. The van der Waals surface area contributed by atoms with Gasteiger partial charge in [0, 0.05) is 0 Å². The minimum absolute atomic E-state index is 0.0897. The number of sulfone groups is 3. The summed E-state index contributed by atoms with van der Waals surface area (Å²) in [5, 5.41) is 0. The highest BCUT2D eigenvalue weighted by molar-refractivity contribution is 7.92. The van der Waals surface area contributed by atoms with Crippen LogP contribution in [0.15, 0.2) is 211 Å². The van der Waals surface area contributed by atoms with Crippen LogP contribution in [0, 0.1) is 20.8 Å². The van der Waals surface area contributed by atoms with Crippen molar-refractivity contribution in [1.29, 1.82) is 0 Å². The predicted molar refractivity (Wildman–Crippen MR) is 252 cm³/mol. The molecule has 0 aliphatic heterocycles. The van der Waals surface area contributed by atoms with E-state index < -0.39 is 29.5 Å². The molecule has 10 nitrogen and oxygen atoms in total. The molecule has 0 heterocycles. The van der Waals surface area contributed by atoms with E-state index in [-0.39, 0.29) is 36.0 Å². The van der Waals surface area contributed by atoms with E-state index in [1.807, 2.05) is 57.2 Å². The molecule has 0 saturated heterocycles. The zero-order valence-corrected chi connectivity index (χ0v) is 38.8. The molecule has 0 aliphatic rings. The summed E-state index contributed by atoms with van der Waals surface area (Å²) < 4.78 is 103. The Morgan fingerprint density at radius 2 is 0.697 bits per heavy atom. The van der Waals surface area contributed by atoms with Crippen LogP contribution in [0.25, 0.3) is 11.1 Å². The van der Waals surface area contributed by atoms with Crippen molar-refractivity contribution in [2.45, 2.75) is 56.8 Å². The van der Waals surface area contributed by atoms with Crippen molar-refractivity contribution in [2.24, 2.45) is 0 Å². The summed E-state index contributed by atoms with van der Waals surface area (Å²) in [5.74, 6) is 3.17. The van der Waals surface area contributed by atoms with Gasteiger partial charge in [-0.3, -0.25) is 0 Å². The maximum Gasteiger partial charge on any atom is 0.206 e. The predicted octanol–water partition coefficient (Wildman–Crippen LogP) is 11.9. The fourth-order valence-corrected chi connectivity index (χ4v) is 10.8. The molecule has 8 rings (SSSR count). The average molecular weight is 937 g/mol. The summed E-state index contributed by atoms with van der Waals surface area (Å²) in [5.41, 5.74) is 5.57. The molecule has 0 spiro atoms. The summed E-state index contributed by atoms with van der Waals surface area (Å²) in [6.07, 6.45) is 0. The Morgan fingerprint density at radius 1 is 0.364 bits per heavy atom. The largest absolute Gasteiger partial charge is 0.497 e. The molecule has 0 atom stereocenters. The number of rotatable bonds is 15. The molecule has 0 unspecified atom stereocenters. The van der Waals surface area contributed by atoms with Gasteiger partial charge in [0.2, 0.25) is 29.5 Å². The van der Waals surface area contributed by atoms with Crippen LogP contribution < -0.4 is 18.9 Å². The smallest absolute Gasteiger partial charge is 0.206 e. The molecule has 0 aliphatic carbocycles. The summed E-state index contributed by atoms with van der Waals surface area (Å²) >= 11 is 0. The van der Waals surface area contributed by atoms with E-state index in [0.29, 0.717) is 34.5 Å². The highest BCUT2D eigenvalue weighted by Crippen LogP contribution is 2.34. The number of benzene rings is 8. The molecule has 0 bridgehead atoms. The van der Waals surface area contributed by atoms with Crippen molar-refractivity contribution >= 4 is 29.5 Å². The first-order valence-electron chi connectivity index (χ1n) is 20.7. The third kappa shape index (κ3) is 9.88. The van der Waals surface area contributed by atoms with E-state index in [4.69, 9.17) is 18.9 Å². The summed E-state index contributed by atoms with van der Waals surface area (Å²) in [4.78, 5) is 0.888. The minimum atomic E-state index is -3.84. The van der Waals surface area contributed by atoms with Gasteiger partial charge in [-0.05, 0) is 194 Å². The van der Waals surface area contributed by atoms with Crippen molar-refractivity contribution in [1.82, 2.24) is 0 Å². The van der Waals surface area contributed by atoms with Crippen LogP contribution in [0.3, 0.4) is 0 Å². The Hall–Kier alpha value is -7.19. The first kappa shape index (κ1) is 45.4. The number of aryl methyl sites for hydroxylation is 3. The lowest BCUT2D eigenvalue weighted by atomic mass is 10.0. The molecule has 8 aromatic carbocycles. The molecule has 8 aromatic rings. The van der Waals surface area contributed by atoms with Gasteiger partial charge in [-0.25, -0.2) is 25.3 Å². The third-order valence-electron chi connectivity index (χ3n) is 10.9. The van der Waals surface area contributed by atoms with Crippen LogP contribution in [0.2, 0.25) is 0 Å². The molecule has 66 heavy (non-hydrogen) atoms. The van der Waals surface area contributed by atoms with Crippen molar-refractivity contribution in [2.75, 3.05) is 7.11 Å². The zero-order chi connectivity index (χ0) is 46.6. The average Bonchev–Trinajstić information content (AvgIpc) is 3.32. The third-order valence-corrected chi connectivity index (χ3v) is 16.2. The molecule has 13 heteroatoms. The quantitative estimate of drug-likeness (QED) is 0.0976. The first-order valence-corrected chi connectivity index (χ1v) is 25.1. The Morgan fingerprint density at radius 3 is 1.08 bits per heavy atom. The minimum Gasteiger partial charge on any atom is -0.497 e. The van der Waals surface area contributed by atoms with Crippen LogP contribution in [0.1, 0.15) is 22.3 Å². The Bertz CT molecular complexity index is 3350. The lowest BCUT2D eigenvalue weighted by molar-refractivity contribution is 0.304. The van der Waals surface area contributed by atoms with Gasteiger partial charge in [-0.1, -0.05) is 42.0 Å². The molecule has 0 aromatic heterocycles. The Kier molecular flexibility index (Phi) is 12.9. The molecule has 0 saturated carbocycles. The van der Waals surface area contributed by atoms with Gasteiger partial charge in [0.1, 0.15) is 41.1 Å². The lowest BCUT2D eigenvalue weighted by Gasteiger charge is -2.14. The number of methoxy groups -OCH3 is 1. The van der Waals surface area contributed by atoms with Gasteiger partial charge >= 0.3 is 0 Å². The highest BCUT2D eigenvalue weighted by atomic mass is 32.2. The number of hydrogen-bond acceptors (Lipinski definition) is 10. The van der Waals surface area contributed by atoms with E-state index in [0.717, 1.165) is 33.4 Å². The van der Waals surface area contributed by atoms with Gasteiger partial charge in [-0.15, -0.1) is 0 Å². The van der Waals surface area contributed by atoms with Gasteiger partial charge in [-0.2, -0.15) is 0 Å². The van der Waals surface area contributed by atoms with Crippen LogP contribution in [-0.2, 0) is 36.1 Å². The van der Waals surface area contributed by atoms with Gasteiger partial charge in [0.25, 0.3) is 0 Å². The fraction of sp³-hybridized carbons (Fsp3) is 0.0943. The second kappa shape index (κ2) is 18.7. The standard InChI is InChI=1S/C53H44O10S3/c1-36-5-19-46(20-6-36)64(54,55)51-29-17-45(18-30-51)63-53-32-10-41(34-38(53)3)40-9-31-52(37(2)33-40)61-35-39-7-21-47(22-8-39)65(56,57)49-25-13-43(14-26-49)62-44-15-27-50(28-16-44)66(58,59)48-23-11-42(60-4)12-24-48/h5-34H,35H2,1-4H3. The summed E-state index contributed by atoms with van der Waals surface area (Å²) in [7, 11) is -9.73. The van der Waals surface area contributed by atoms with Gasteiger partial charge in [0.05, 0.1) is 36.5 Å². The van der Waals surface area contributed by atoms with Crippen LogP contribution in [0.4, 0.5) is 0 Å². The Labute approximate surface area is 385 Å². The summed E-state index contributed by atoms with van der Waals surface area (Å²) in [6.45, 7) is 6.05. The van der Waals surface area contributed by atoms with E-state index in [2.05, 4.69) is 0 Å². The van der Waals surface area contributed by atoms with Crippen molar-refractivity contribution < 1.29 is 44.2 Å². The van der Waals surface area contributed by atoms with Crippen molar-refractivity contribution in [3.05, 3.63) is 204 Å². The molecular weight excluding hydrogens is 893 g/mol.